The van der Waals surface area contributed by atoms with Gasteiger partial charge in [-0.1, -0.05) is 19.6 Å². The molecule has 0 aliphatic heterocycles. The molecule has 7 heteroatoms. The number of ether oxygens (including phenoxy) is 2. The van der Waals surface area contributed by atoms with Gasteiger partial charge in [0.25, 0.3) is 0 Å². The molecule has 0 aliphatic carbocycles. The largest absolute Gasteiger partial charge is 0.461 e. The SMILES string of the molecule is CCOC(=O)c1cc(CC(C)(C)O)n(COCC[Si](C)(C)C)n1. The first-order valence-electron chi connectivity index (χ1n) is 8.06. The van der Waals surface area contributed by atoms with Gasteiger partial charge >= 0.3 is 5.97 Å². The first-order chi connectivity index (χ1) is 10.5. The molecule has 0 fully saturated rings. The average Bonchev–Trinajstić information content (AvgIpc) is 2.75. The zero-order valence-electron chi connectivity index (χ0n) is 15.2. The maximum Gasteiger partial charge on any atom is 0.358 e. The van der Waals surface area contributed by atoms with Crippen molar-refractivity contribution < 1.29 is 19.4 Å². The van der Waals surface area contributed by atoms with Crippen LogP contribution in [0.15, 0.2) is 6.07 Å². The molecule has 0 radical (unpaired) electrons. The van der Waals surface area contributed by atoms with Gasteiger partial charge in [-0.15, -0.1) is 0 Å². The van der Waals surface area contributed by atoms with E-state index in [0.29, 0.717) is 19.6 Å². The highest BCUT2D eigenvalue weighted by Crippen LogP contribution is 2.15. The lowest BCUT2D eigenvalue weighted by atomic mass is 10.0. The van der Waals surface area contributed by atoms with E-state index < -0.39 is 19.6 Å². The van der Waals surface area contributed by atoms with Crippen molar-refractivity contribution in [1.82, 2.24) is 9.78 Å². The number of rotatable bonds is 9. The van der Waals surface area contributed by atoms with Crippen molar-refractivity contribution in [3.63, 3.8) is 0 Å². The normalized spacial score (nSPS) is 12.5. The van der Waals surface area contributed by atoms with Gasteiger partial charge in [0, 0.05) is 26.8 Å². The minimum atomic E-state index is -1.14. The van der Waals surface area contributed by atoms with Crippen LogP contribution in [0.2, 0.25) is 25.7 Å². The van der Waals surface area contributed by atoms with Crippen LogP contribution in [-0.4, -0.2) is 47.7 Å². The maximum absolute atomic E-state index is 11.8. The predicted molar refractivity (Wildman–Crippen MR) is 92.3 cm³/mol. The molecular weight excluding hydrogens is 312 g/mol. The van der Waals surface area contributed by atoms with Crippen LogP contribution in [0, 0.1) is 0 Å². The number of carbonyl (C=O) groups excluding carboxylic acids is 1. The number of nitrogens with zero attached hydrogens (tertiary/aromatic N) is 2. The van der Waals surface area contributed by atoms with Crippen LogP contribution < -0.4 is 0 Å². The number of hydrogen-bond acceptors (Lipinski definition) is 5. The molecule has 1 rings (SSSR count). The zero-order valence-corrected chi connectivity index (χ0v) is 16.2. The van der Waals surface area contributed by atoms with Crippen LogP contribution in [-0.2, 0) is 22.6 Å². The third kappa shape index (κ3) is 7.76. The van der Waals surface area contributed by atoms with Crippen molar-refractivity contribution in [2.24, 2.45) is 0 Å². The molecule has 0 bridgehead atoms. The molecule has 0 saturated carbocycles. The molecule has 23 heavy (non-hydrogen) atoms. The Kier molecular flexibility index (Phi) is 6.97. The molecular formula is C16H30N2O4Si. The second-order valence-electron chi connectivity index (χ2n) is 7.58. The van der Waals surface area contributed by atoms with Crippen molar-refractivity contribution >= 4 is 14.0 Å². The fourth-order valence-corrected chi connectivity index (χ4v) is 2.74. The van der Waals surface area contributed by atoms with E-state index in [9.17, 15) is 9.90 Å². The highest BCUT2D eigenvalue weighted by molar-refractivity contribution is 6.76. The highest BCUT2D eigenvalue weighted by atomic mass is 28.3. The summed E-state index contributed by atoms with van der Waals surface area (Å²) in [5.41, 5.74) is 0.121. The van der Waals surface area contributed by atoms with E-state index in [1.54, 1.807) is 31.5 Å². The quantitative estimate of drug-likeness (QED) is 0.424. The molecule has 0 spiro atoms. The molecule has 0 atom stereocenters. The molecule has 1 heterocycles. The monoisotopic (exact) mass is 342 g/mol. The Morgan fingerprint density at radius 2 is 2.04 bits per heavy atom. The smallest absolute Gasteiger partial charge is 0.358 e. The number of aromatic nitrogens is 2. The van der Waals surface area contributed by atoms with Crippen molar-refractivity contribution in [2.45, 2.75) is 65.2 Å². The minimum Gasteiger partial charge on any atom is -0.461 e. The molecule has 0 amide bonds. The Labute approximate surface area is 139 Å². The van der Waals surface area contributed by atoms with Gasteiger partial charge in [0.15, 0.2) is 5.69 Å². The summed E-state index contributed by atoms with van der Waals surface area (Å²) in [4.78, 5) is 11.8. The van der Waals surface area contributed by atoms with Crippen LogP contribution in [0.3, 0.4) is 0 Å². The standard InChI is InChI=1S/C16H30N2O4Si/c1-7-22-15(19)14-10-13(11-16(2,3)20)18(17-14)12-21-8-9-23(4,5)6/h10,20H,7-9,11-12H2,1-6H3. The summed E-state index contributed by atoms with van der Waals surface area (Å²) < 4.78 is 12.3. The summed E-state index contributed by atoms with van der Waals surface area (Å²) in [6.07, 6.45) is 0.386. The van der Waals surface area contributed by atoms with Gasteiger partial charge < -0.3 is 14.6 Å². The third-order valence-electron chi connectivity index (χ3n) is 3.17. The number of hydrogen-bond donors (Lipinski definition) is 1. The number of esters is 1. The van der Waals surface area contributed by atoms with Crippen LogP contribution in [0.1, 0.15) is 37.0 Å². The molecule has 1 N–H and O–H groups in total. The van der Waals surface area contributed by atoms with Crippen molar-refractivity contribution in [3.05, 3.63) is 17.5 Å². The van der Waals surface area contributed by atoms with E-state index in [2.05, 4.69) is 24.7 Å². The van der Waals surface area contributed by atoms with Gasteiger partial charge in [0.1, 0.15) is 6.73 Å². The van der Waals surface area contributed by atoms with Gasteiger partial charge in [0.05, 0.1) is 12.2 Å². The van der Waals surface area contributed by atoms with E-state index in [0.717, 1.165) is 11.7 Å². The van der Waals surface area contributed by atoms with Crippen molar-refractivity contribution in [2.75, 3.05) is 13.2 Å². The molecule has 6 nitrogen and oxygen atoms in total. The predicted octanol–water partition coefficient (Wildman–Crippen LogP) is 2.69. The molecule has 1 aromatic rings. The van der Waals surface area contributed by atoms with E-state index >= 15 is 0 Å². The number of carbonyl (C=O) groups is 1. The second kappa shape index (κ2) is 8.08. The fraction of sp³-hybridized carbons (Fsp3) is 0.750. The second-order valence-corrected chi connectivity index (χ2v) is 13.2. The lowest BCUT2D eigenvalue weighted by molar-refractivity contribution is 0.0508. The molecule has 0 aromatic carbocycles. The Morgan fingerprint density at radius 3 is 2.57 bits per heavy atom. The Bertz CT molecular complexity index is 515. The van der Waals surface area contributed by atoms with Crippen molar-refractivity contribution in [3.8, 4) is 0 Å². The van der Waals surface area contributed by atoms with Crippen LogP contribution in [0.4, 0.5) is 0 Å². The Balaban J connectivity index is 2.79. The first-order valence-corrected chi connectivity index (χ1v) is 11.8. The highest BCUT2D eigenvalue weighted by Gasteiger charge is 2.21. The van der Waals surface area contributed by atoms with Gasteiger partial charge in [-0.2, -0.15) is 5.10 Å². The lowest BCUT2D eigenvalue weighted by Gasteiger charge is -2.18. The maximum atomic E-state index is 11.8. The Hall–Kier alpha value is -1.18. The van der Waals surface area contributed by atoms with Gasteiger partial charge in [0.2, 0.25) is 0 Å². The molecule has 0 saturated heterocycles. The molecule has 1 aromatic heterocycles. The van der Waals surface area contributed by atoms with Crippen molar-refractivity contribution in [1.29, 1.82) is 0 Å². The van der Waals surface area contributed by atoms with Gasteiger partial charge in [-0.05, 0) is 32.9 Å². The first kappa shape index (κ1) is 19.9. The van der Waals surface area contributed by atoms with E-state index in [-0.39, 0.29) is 12.4 Å². The molecule has 0 aliphatic rings. The summed E-state index contributed by atoms with van der Waals surface area (Å²) in [5.74, 6) is -0.453. The van der Waals surface area contributed by atoms with Gasteiger partial charge in [-0.25, -0.2) is 9.48 Å². The molecule has 0 unspecified atom stereocenters. The van der Waals surface area contributed by atoms with Crippen LogP contribution >= 0.6 is 0 Å². The summed E-state index contributed by atoms with van der Waals surface area (Å²) in [7, 11) is -1.14. The number of aliphatic hydroxyl groups is 1. The summed E-state index contributed by atoms with van der Waals surface area (Å²) in [6.45, 7) is 13.3. The van der Waals surface area contributed by atoms with E-state index in [4.69, 9.17) is 9.47 Å². The average molecular weight is 343 g/mol. The van der Waals surface area contributed by atoms with Crippen LogP contribution in [0.25, 0.3) is 0 Å². The molecule has 132 valence electrons. The summed E-state index contributed by atoms with van der Waals surface area (Å²) in [5, 5.41) is 14.3. The lowest BCUT2D eigenvalue weighted by Crippen LogP contribution is -2.25. The summed E-state index contributed by atoms with van der Waals surface area (Å²) >= 11 is 0. The fourth-order valence-electron chi connectivity index (χ4n) is 1.99. The summed E-state index contributed by atoms with van der Waals surface area (Å²) in [6, 6.07) is 2.73. The van der Waals surface area contributed by atoms with Gasteiger partial charge in [-0.3, -0.25) is 0 Å². The topological polar surface area (TPSA) is 73.6 Å². The van der Waals surface area contributed by atoms with Crippen LogP contribution in [0.5, 0.6) is 0 Å². The Morgan fingerprint density at radius 1 is 1.39 bits per heavy atom. The van der Waals surface area contributed by atoms with E-state index in [1.165, 1.54) is 0 Å². The zero-order chi connectivity index (χ0) is 17.7. The third-order valence-corrected chi connectivity index (χ3v) is 4.88. The van der Waals surface area contributed by atoms with E-state index in [1.807, 2.05) is 0 Å². The minimum absolute atomic E-state index is 0.250.